The van der Waals surface area contributed by atoms with Crippen molar-refractivity contribution < 1.29 is 9.90 Å². The van der Waals surface area contributed by atoms with Crippen molar-refractivity contribution in [3.63, 3.8) is 0 Å². The topological polar surface area (TPSA) is 97.3 Å². The number of nitrogen functional groups attached to an aromatic ring is 1. The molecular weight excluding hydrogens is 234 g/mol. The van der Waals surface area contributed by atoms with Crippen molar-refractivity contribution in [3.05, 3.63) is 28.7 Å². The lowest BCUT2D eigenvalue weighted by atomic mass is 10.0. The summed E-state index contributed by atoms with van der Waals surface area (Å²) in [6.45, 7) is 3.52. The van der Waals surface area contributed by atoms with Gasteiger partial charge in [-0.3, -0.25) is 9.59 Å². The van der Waals surface area contributed by atoms with Gasteiger partial charge in [0.15, 0.2) is 0 Å². The van der Waals surface area contributed by atoms with E-state index in [0.717, 1.165) is 0 Å². The van der Waals surface area contributed by atoms with Crippen LogP contribution in [0.1, 0.15) is 20.3 Å². The van der Waals surface area contributed by atoms with Crippen molar-refractivity contribution in [3.8, 4) is 0 Å². The predicted octanol–water partition coefficient (Wildman–Crippen LogP) is -0.292. The molecule has 0 saturated heterocycles. The Bertz CT molecular complexity index is 480. The predicted molar refractivity (Wildman–Crippen MR) is 69.0 cm³/mol. The zero-order valence-electron chi connectivity index (χ0n) is 10.6. The van der Waals surface area contributed by atoms with Crippen molar-refractivity contribution in [2.75, 3.05) is 12.3 Å². The van der Waals surface area contributed by atoms with E-state index in [1.807, 2.05) is 13.8 Å². The van der Waals surface area contributed by atoms with E-state index >= 15 is 0 Å². The van der Waals surface area contributed by atoms with Crippen molar-refractivity contribution in [2.24, 2.45) is 0 Å². The second-order valence-corrected chi connectivity index (χ2v) is 4.83. The highest BCUT2D eigenvalue weighted by atomic mass is 16.3. The lowest BCUT2D eigenvalue weighted by Gasteiger charge is -2.25. The molecule has 6 nitrogen and oxygen atoms in total. The number of nitrogens with one attached hydrogen (secondary N) is 1. The molecule has 0 aliphatic heterocycles. The second-order valence-electron chi connectivity index (χ2n) is 4.83. The highest BCUT2D eigenvalue weighted by Crippen LogP contribution is 2.07. The first-order chi connectivity index (χ1) is 8.34. The van der Waals surface area contributed by atoms with E-state index in [9.17, 15) is 9.59 Å². The summed E-state index contributed by atoms with van der Waals surface area (Å²) in [6, 6.07) is 2.81. The summed E-state index contributed by atoms with van der Waals surface area (Å²) in [7, 11) is 0. The first-order valence-electron chi connectivity index (χ1n) is 5.72. The minimum Gasteiger partial charge on any atom is -0.398 e. The number of hydrogen-bond donors (Lipinski definition) is 3. The van der Waals surface area contributed by atoms with Gasteiger partial charge in [0.25, 0.3) is 5.56 Å². The number of hydrogen-bond acceptors (Lipinski definition) is 4. The van der Waals surface area contributed by atoms with E-state index in [0.29, 0.717) is 12.1 Å². The number of amides is 1. The third-order valence-electron chi connectivity index (χ3n) is 2.53. The Morgan fingerprint density at radius 1 is 1.50 bits per heavy atom. The van der Waals surface area contributed by atoms with Crippen LogP contribution in [0.2, 0.25) is 0 Å². The summed E-state index contributed by atoms with van der Waals surface area (Å²) in [6.07, 6.45) is 1.88. The van der Waals surface area contributed by atoms with Gasteiger partial charge < -0.3 is 20.7 Å². The van der Waals surface area contributed by atoms with Crippen molar-refractivity contribution in [1.82, 2.24) is 9.88 Å². The van der Waals surface area contributed by atoms with E-state index < -0.39 is 5.54 Å². The molecule has 4 N–H and O–H groups in total. The van der Waals surface area contributed by atoms with Crippen molar-refractivity contribution >= 4 is 11.6 Å². The lowest BCUT2D eigenvalue weighted by Crippen LogP contribution is -2.46. The molecule has 18 heavy (non-hydrogen) atoms. The maximum atomic E-state index is 11.8. The van der Waals surface area contributed by atoms with Gasteiger partial charge in [0, 0.05) is 30.1 Å². The summed E-state index contributed by atoms with van der Waals surface area (Å²) in [5.74, 6) is -0.291. The molecule has 0 radical (unpaired) electrons. The fraction of sp³-hybridized carbons (Fsp3) is 0.500. The van der Waals surface area contributed by atoms with Crippen LogP contribution < -0.4 is 16.6 Å². The van der Waals surface area contributed by atoms with E-state index in [2.05, 4.69) is 5.32 Å². The van der Waals surface area contributed by atoms with Gasteiger partial charge in [-0.25, -0.2) is 0 Å². The van der Waals surface area contributed by atoms with E-state index in [-0.39, 0.29) is 24.6 Å². The number of pyridine rings is 1. The zero-order chi connectivity index (χ0) is 13.8. The van der Waals surface area contributed by atoms with Crippen LogP contribution in [-0.2, 0) is 11.3 Å². The number of rotatable bonds is 5. The molecule has 1 heterocycles. The molecule has 1 amide bonds. The molecule has 0 aromatic carbocycles. The number of aromatic nitrogens is 1. The summed E-state index contributed by atoms with van der Waals surface area (Å²) in [5, 5.41) is 11.6. The van der Waals surface area contributed by atoms with Crippen LogP contribution in [0.15, 0.2) is 23.1 Å². The highest BCUT2D eigenvalue weighted by molar-refractivity contribution is 5.76. The minimum atomic E-state index is -0.504. The number of nitrogens with zero attached hydrogens (tertiary/aromatic N) is 1. The summed E-state index contributed by atoms with van der Waals surface area (Å²) < 4.78 is 1.25. The molecule has 0 fully saturated rings. The van der Waals surface area contributed by atoms with Gasteiger partial charge in [-0.15, -0.1) is 0 Å². The fourth-order valence-electron chi connectivity index (χ4n) is 1.59. The molecular formula is C12H19N3O3. The van der Waals surface area contributed by atoms with Crippen LogP contribution in [0.5, 0.6) is 0 Å². The second kappa shape index (κ2) is 5.68. The van der Waals surface area contributed by atoms with Gasteiger partial charge in [-0.05, 0) is 26.3 Å². The molecule has 0 unspecified atom stereocenters. The van der Waals surface area contributed by atoms with Gasteiger partial charge in [-0.2, -0.15) is 0 Å². The Balaban J connectivity index is 2.71. The van der Waals surface area contributed by atoms with Crippen LogP contribution in [0.25, 0.3) is 0 Å². The van der Waals surface area contributed by atoms with Gasteiger partial charge in [-0.1, -0.05) is 0 Å². The number of nitrogens with two attached hydrogens (primary N) is 1. The van der Waals surface area contributed by atoms with Crippen LogP contribution in [0.4, 0.5) is 5.69 Å². The number of aliphatic hydroxyl groups excluding tert-OH is 1. The van der Waals surface area contributed by atoms with E-state index in [1.165, 1.54) is 22.9 Å². The molecule has 1 rings (SSSR count). The quantitative estimate of drug-likeness (QED) is 0.671. The average molecular weight is 253 g/mol. The Morgan fingerprint density at radius 2 is 2.17 bits per heavy atom. The van der Waals surface area contributed by atoms with Gasteiger partial charge in [0.05, 0.1) is 0 Å². The first-order valence-corrected chi connectivity index (χ1v) is 5.72. The van der Waals surface area contributed by atoms with E-state index in [4.69, 9.17) is 10.8 Å². The van der Waals surface area contributed by atoms with Crippen molar-refractivity contribution in [2.45, 2.75) is 32.4 Å². The lowest BCUT2D eigenvalue weighted by molar-refractivity contribution is -0.123. The number of anilines is 1. The number of aliphatic hydroxyl groups is 1. The highest BCUT2D eigenvalue weighted by Gasteiger charge is 2.19. The van der Waals surface area contributed by atoms with Crippen LogP contribution in [-0.4, -0.2) is 27.7 Å². The average Bonchev–Trinajstić information content (AvgIpc) is 2.22. The third kappa shape index (κ3) is 4.21. The molecule has 6 heteroatoms. The van der Waals surface area contributed by atoms with Gasteiger partial charge in [0.1, 0.15) is 6.54 Å². The third-order valence-corrected chi connectivity index (χ3v) is 2.53. The molecule has 1 aromatic heterocycles. The molecule has 0 aliphatic rings. The molecule has 100 valence electrons. The maximum Gasteiger partial charge on any atom is 0.251 e. The molecule has 0 saturated carbocycles. The monoisotopic (exact) mass is 253 g/mol. The summed E-state index contributed by atoms with van der Waals surface area (Å²) in [4.78, 5) is 23.3. The molecule has 0 aliphatic carbocycles. The largest absolute Gasteiger partial charge is 0.398 e. The SMILES string of the molecule is CC(C)(CCO)NC(=O)Cn1cc(N)ccc1=O. The van der Waals surface area contributed by atoms with Gasteiger partial charge in [0.2, 0.25) is 5.91 Å². The van der Waals surface area contributed by atoms with Crippen molar-refractivity contribution in [1.29, 1.82) is 0 Å². The maximum absolute atomic E-state index is 11.8. The van der Waals surface area contributed by atoms with Crippen LogP contribution >= 0.6 is 0 Å². The Labute approximate surface area is 105 Å². The minimum absolute atomic E-state index is 0.00842. The Morgan fingerprint density at radius 3 is 2.78 bits per heavy atom. The van der Waals surface area contributed by atoms with E-state index in [1.54, 1.807) is 0 Å². The fourth-order valence-corrected chi connectivity index (χ4v) is 1.59. The number of carbonyl (C=O) groups excluding carboxylic acids is 1. The van der Waals surface area contributed by atoms with Crippen LogP contribution in [0, 0.1) is 0 Å². The van der Waals surface area contributed by atoms with Gasteiger partial charge >= 0.3 is 0 Å². The Kier molecular flexibility index (Phi) is 4.49. The standard InChI is InChI=1S/C12H19N3O3/c1-12(2,5-6-16)14-10(17)8-15-7-9(13)3-4-11(15)18/h3-4,7,16H,5-6,8,13H2,1-2H3,(H,14,17). The first kappa shape index (κ1) is 14.2. The molecule has 0 spiro atoms. The molecule has 0 atom stereocenters. The number of carbonyl (C=O) groups is 1. The molecule has 1 aromatic rings. The summed E-state index contributed by atoms with van der Waals surface area (Å²) in [5.41, 5.74) is 5.20. The van der Waals surface area contributed by atoms with Crippen LogP contribution in [0.3, 0.4) is 0 Å². The molecule has 0 bridgehead atoms. The smallest absolute Gasteiger partial charge is 0.251 e. The normalized spacial score (nSPS) is 11.3. The Hall–Kier alpha value is -1.82. The summed E-state index contributed by atoms with van der Waals surface area (Å²) >= 11 is 0. The zero-order valence-corrected chi connectivity index (χ0v) is 10.6.